The molecule has 0 saturated heterocycles. The van der Waals surface area contributed by atoms with Crippen molar-refractivity contribution < 1.29 is 5.11 Å². The van der Waals surface area contributed by atoms with E-state index in [4.69, 9.17) is 16.7 Å². The first-order valence-corrected chi connectivity index (χ1v) is 7.23. The van der Waals surface area contributed by atoms with Crippen molar-refractivity contribution in [1.82, 2.24) is 4.98 Å². The van der Waals surface area contributed by atoms with E-state index in [-0.39, 0.29) is 6.61 Å². The van der Waals surface area contributed by atoms with E-state index in [0.717, 1.165) is 37.3 Å². The van der Waals surface area contributed by atoms with Crippen molar-refractivity contribution in [3.8, 4) is 0 Å². The molecule has 1 aromatic carbocycles. The second-order valence-corrected chi connectivity index (χ2v) is 5.51. The maximum Gasteiger partial charge on any atom is 0.147 e. The van der Waals surface area contributed by atoms with Crippen molar-refractivity contribution in [2.75, 3.05) is 11.4 Å². The Kier molecular flexibility index (Phi) is 3.90. The summed E-state index contributed by atoms with van der Waals surface area (Å²) in [5.74, 6) is 0.806. The summed E-state index contributed by atoms with van der Waals surface area (Å²) in [5.41, 5.74) is 3.50. The maximum absolute atomic E-state index is 9.13. The molecule has 1 aromatic heterocycles. The second kappa shape index (κ2) is 5.81. The Morgan fingerprint density at radius 3 is 2.80 bits per heavy atom. The van der Waals surface area contributed by atoms with Crippen LogP contribution in [0.4, 0.5) is 5.82 Å². The van der Waals surface area contributed by atoms with E-state index in [1.807, 2.05) is 0 Å². The highest BCUT2D eigenvalue weighted by molar-refractivity contribution is 6.33. The van der Waals surface area contributed by atoms with Gasteiger partial charge in [0, 0.05) is 19.3 Å². The molecule has 1 aliphatic heterocycles. The Morgan fingerprint density at radius 1 is 1.25 bits per heavy atom. The minimum absolute atomic E-state index is 0.0319. The third kappa shape index (κ3) is 2.65. The lowest BCUT2D eigenvalue weighted by Gasteiger charge is -2.23. The van der Waals surface area contributed by atoms with Gasteiger partial charge in [0.05, 0.1) is 11.6 Å². The Labute approximate surface area is 123 Å². The monoisotopic (exact) mass is 288 g/mol. The number of rotatable bonds is 2. The van der Waals surface area contributed by atoms with Gasteiger partial charge in [0.25, 0.3) is 0 Å². The molecule has 3 rings (SSSR count). The van der Waals surface area contributed by atoms with Crippen LogP contribution in [0.15, 0.2) is 36.5 Å². The Balaban J connectivity index is 1.91. The highest BCUT2D eigenvalue weighted by atomic mass is 35.5. The van der Waals surface area contributed by atoms with E-state index in [1.54, 1.807) is 12.3 Å². The topological polar surface area (TPSA) is 36.4 Å². The average Bonchev–Trinajstić information content (AvgIpc) is 2.69. The molecule has 0 saturated carbocycles. The number of anilines is 1. The molecule has 0 amide bonds. The number of aromatic nitrogens is 1. The fourth-order valence-corrected chi connectivity index (χ4v) is 2.98. The zero-order chi connectivity index (χ0) is 13.9. The number of hydrogen-bond donors (Lipinski definition) is 1. The van der Waals surface area contributed by atoms with Gasteiger partial charge in [0.2, 0.25) is 0 Å². The van der Waals surface area contributed by atoms with Gasteiger partial charge in [-0.1, -0.05) is 35.9 Å². The van der Waals surface area contributed by atoms with E-state index in [0.29, 0.717) is 5.02 Å². The molecule has 0 aliphatic carbocycles. The Morgan fingerprint density at radius 2 is 2.05 bits per heavy atom. The molecule has 3 nitrogen and oxygen atoms in total. The number of halogens is 1. The second-order valence-electron chi connectivity index (χ2n) is 5.10. The first kappa shape index (κ1) is 13.4. The van der Waals surface area contributed by atoms with Crippen LogP contribution in [-0.4, -0.2) is 16.6 Å². The lowest BCUT2D eigenvalue weighted by molar-refractivity contribution is 0.281. The van der Waals surface area contributed by atoms with Crippen molar-refractivity contribution >= 4 is 17.4 Å². The van der Waals surface area contributed by atoms with Crippen molar-refractivity contribution in [2.45, 2.75) is 26.0 Å². The smallest absolute Gasteiger partial charge is 0.147 e. The zero-order valence-corrected chi connectivity index (χ0v) is 12.0. The average molecular weight is 289 g/mol. The number of hydrogen-bond acceptors (Lipinski definition) is 3. The molecule has 0 unspecified atom stereocenters. The molecule has 0 bridgehead atoms. The lowest BCUT2D eigenvalue weighted by atomic mass is 10.0. The van der Waals surface area contributed by atoms with Gasteiger partial charge in [-0.05, 0) is 35.6 Å². The summed E-state index contributed by atoms with van der Waals surface area (Å²) in [4.78, 5) is 6.64. The minimum Gasteiger partial charge on any atom is -0.392 e. The first-order chi connectivity index (χ1) is 9.78. The molecule has 0 radical (unpaired) electrons. The molecule has 0 spiro atoms. The standard InChI is InChI=1S/C16H17ClN2O/c17-15-8-12(11-20)9-18-16(15)19-7-3-6-13-4-1-2-5-14(13)10-19/h1-2,4-5,8-9,20H,3,6-7,10-11H2. The van der Waals surface area contributed by atoms with Crippen LogP contribution in [0.25, 0.3) is 0 Å². The van der Waals surface area contributed by atoms with Gasteiger partial charge in [-0.3, -0.25) is 0 Å². The Bertz CT molecular complexity index is 615. The summed E-state index contributed by atoms with van der Waals surface area (Å²) in [5, 5.41) is 9.73. The number of benzene rings is 1. The van der Waals surface area contributed by atoms with Gasteiger partial charge >= 0.3 is 0 Å². The maximum atomic E-state index is 9.13. The molecule has 0 fully saturated rings. The highest BCUT2D eigenvalue weighted by Gasteiger charge is 2.17. The van der Waals surface area contributed by atoms with Crippen LogP contribution in [0, 0.1) is 0 Å². The fraction of sp³-hybridized carbons (Fsp3) is 0.312. The molecule has 0 atom stereocenters. The zero-order valence-electron chi connectivity index (χ0n) is 11.2. The number of aryl methyl sites for hydroxylation is 1. The van der Waals surface area contributed by atoms with Crippen LogP contribution in [-0.2, 0) is 19.6 Å². The molecule has 1 aliphatic rings. The van der Waals surface area contributed by atoms with Gasteiger partial charge in [-0.2, -0.15) is 0 Å². The third-order valence-electron chi connectivity index (χ3n) is 3.71. The summed E-state index contributed by atoms with van der Waals surface area (Å²) in [6.07, 6.45) is 3.88. The van der Waals surface area contributed by atoms with Crippen molar-refractivity contribution in [1.29, 1.82) is 0 Å². The van der Waals surface area contributed by atoms with Crippen molar-refractivity contribution in [2.24, 2.45) is 0 Å². The summed E-state index contributed by atoms with van der Waals surface area (Å²) >= 11 is 6.31. The van der Waals surface area contributed by atoms with Crippen LogP contribution >= 0.6 is 11.6 Å². The highest BCUT2D eigenvalue weighted by Crippen LogP contribution is 2.28. The van der Waals surface area contributed by atoms with Gasteiger partial charge in [0.15, 0.2) is 0 Å². The number of fused-ring (bicyclic) bond motifs is 1. The molecule has 20 heavy (non-hydrogen) atoms. The third-order valence-corrected chi connectivity index (χ3v) is 3.99. The first-order valence-electron chi connectivity index (χ1n) is 6.85. The molecule has 1 N–H and O–H groups in total. The summed E-state index contributed by atoms with van der Waals surface area (Å²) in [6.45, 7) is 1.75. The molecule has 2 heterocycles. The number of nitrogens with zero attached hydrogens (tertiary/aromatic N) is 2. The van der Waals surface area contributed by atoms with E-state index in [9.17, 15) is 0 Å². The van der Waals surface area contributed by atoms with Crippen molar-refractivity contribution in [3.63, 3.8) is 0 Å². The van der Waals surface area contributed by atoms with Crippen LogP contribution < -0.4 is 4.90 Å². The molecule has 104 valence electrons. The molecule has 2 aromatic rings. The number of aliphatic hydroxyl groups is 1. The lowest BCUT2D eigenvalue weighted by Crippen LogP contribution is -2.24. The quantitative estimate of drug-likeness (QED) is 0.922. The SMILES string of the molecule is OCc1cnc(N2CCCc3ccccc3C2)c(Cl)c1. The van der Waals surface area contributed by atoms with Crippen LogP contribution in [0.5, 0.6) is 0 Å². The van der Waals surface area contributed by atoms with Gasteiger partial charge in [-0.25, -0.2) is 4.98 Å². The predicted molar refractivity (Wildman–Crippen MR) is 81.0 cm³/mol. The summed E-state index contributed by atoms with van der Waals surface area (Å²) in [7, 11) is 0. The van der Waals surface area contributed by atoms with Crippen LogP contribution in [0.3, 0.4) is 0 Å². The van der Waals surface area contributed by atoms with Crippen molar-refractivity contribution in [3.05, 3.63) is 58.2 Å². The molecule has 4 heteroatoms. The van der Waals surface area contributed by atoms with Crippen LogP contribution in [0.1, 0.15) is 23.1 Å². The number of pyridine rings is 1. The number of aliphatic hydroxyl groups excluding tert-OH is 1. The van der Waals surface area contributed by atoms with Gasteiger partial charge in [-0.15, -0.1) is 0 Å². The van der Waals surface area contributed by atoms with Gasteiger partial charge < -0.3 is 10.0 Å². The molecular formula is C16H17ClN2O. The summed E-state index contributed by atoms with van der Waals surface area (Å²) < 4.78 is 0. The van der Waals surface area contributed by atoms with Crippen LogP contribution in [0.2, 0.25) is 5.02 Å². The Hall–Kier alpha value is -1.58. The van der Waals surface area contributed by atoms with E-state index >= 15 is 0 Å². The fourth-order valence-electron chi connectivity index (χ4n) is 2.67. The normalized spacial score (nSPS) is 14.8. The predicted octanol–water partition coefficient (Wildman–Crippen LogP) is 3.18. The molecular weight excluding hydrogens is 272 g/mol. The van der Waals surface area contributed by atoms with Gasteiger partial charge in [0.1, 0.15) is 5.82 Å². The van der Waals surface area contributed by atoms with E-state index < -0.39 is 0 Å². The minimum atomic E-state index is -0.0319. The largest absolute Gasteiger partial charge is 0.392 e. The van der Waals surface area contributed by atoms with E-state index in [1.165, 1.54) is 11.1 Å². The van der Waals surface area contributed by atoms with E-state index in [2.05, 4.69) is 34.1 Å². The summed E-state index contributed by atoms with van der Waals surface area (Å²) in [6, 6.07) is 10.3.